The van der Waals surface area contributed by atoms with E-state index in [1.165, 1.54) is 0 Å². The van der Waals surface area contributed by atoms with Crippen LogP contribution in [0.2, 0.25) is 0 Å². The number of methoxy groups -OCH3 is 1. The van der Waals surface area contributed by atoms with Gasteiger partial charge in [-0.1, -0.05) is 5.16 Å². The number of piperidine rings is 1. The highest BCUT2D eigenvalue weighted by molar-refractivity contribution is 5.79. The molecule has 24 heavy (non-hydrogen) atoms. The molecule has 1 N–H and O–H groups in total. The van der Waals surface area contributed by atoms with Crippen LogP contribution >= 0.6 is 0 Å². The molecule has 0 unspecified atom stereocenters. The Morgan fingerprint density at radius 1 is 1.50 bits per heavy atom. The second kappa shape index (κ2) is 8.09. The standard InChI is InChI=1S/C17H27N3O4/c1-12-9-13(19-24-12)10-20-6-3-16-15(11-20)14(4-7-23-16)17(21)18-5-8-22-2/h9,14-16H,3-8,10-11H2,1-2H3,(H,18,21)/t14-,15-,16-/m0/s1. The third kappa shape index (κ3) is 4.15. The first-order valence-corrected chi connectivity index (χ1v) is 8.70. The van der Waals surface area contributed by atoms with Crippen molar-refractivity contribution in [1.82, 2.24) is 15.4 Å². The molecule has 3 rings (SSSR count). The Labute approximate surface area is 142 Å². The van der Waals surface area contributed by atoms with Crippen molar-refractivity contribution in [2.75, 3.05) is 40.0 Å². The number of aromatic nitrogens is 1. The minimum atomic E-state index is 0.0162. The Hall–Kier alpha value is -1.44. The maximum Gasteiger partial charge on any atom is 0.223 e. The monoisotopic (exact) mass is 337 g/mol. The van der Waals surface area contributed by atoms with Gasteiger partial charge in [0, 0.05) is 57.8 Å². The third-order valence-electron chi connectivity index (χ3n) is 4.96. The van der Waals surface area contributed by atoms with Gasteiger partial charge < -0.3 is 19.3 Å². The number of likely N-dealkylation sites (tertiary alicyclic amines) is 1. The normalized spacial score (nSPS) is 27.7. The van der Waals surface area contributed by atoms with E-state index in [4.69, 9.17) is 14.0 Å². The van der Waals surface area contributed by atoms with Crippen LogP contribution in [0.1, 0.15) is 24.3 Å². The van der Waals surface area contributed by atoms with Crippen LogP contribution in [0.4, 0.5) is 0 Å². The molecule has 7 heteroatoms. The quantitative estimate of drug-likeness (QED) is 0.780. The van der Waals surface area contributed by atoms with Crippen LogP contribution in [0.5, 0.6) is 0 Å². The minimum Gasteiger partial charge on any atom is -0.383 e. The van der Waals surface area contributed by atoms with E-state index < -0.39 is 0 Å². The lowest BCUT2D eigenvalue weighted by atomic mass is 9.79. The van der Waals surface area contributed by atoms with Crippen molar-refractivity contribution in [1.29, 1.82) is 0 Å². The molecule has 1 amide bonds. The Morgan fingerprint density at radius 2 is 2.38 bits per heavy atom. The summed E-state index contributed by atoms with van der Waals surface area (Å²) in [6, 6.07) is 1.97. The van der Waals surface area contributed by atoms with Crippen molar-refractivity contribution in [2.24, 2.45) is 11.8 Å². The molecular weight excluding hydrogens is 310 g/mol. The summed E-state index contributed by atoms with van der Waals surface area (Å²) in [6.07, 6.45) is 1.94. The molecule has 0 radical (unpaired) electrons. The molecule has 1 aromatic heterocycles. The summed E-state index contributed by atoms with van der Waals surface area (Å²) in [6.45, 7) is 6.26. The van der Waals surface area contributed by atoms with Crippen molar-refractivity contribution < 1.29 is 18.8 Å². The van der Waals surface area contributed by atoms with Gasteiger partial charge in [0.1, 0.15) is 5.76 Å². The zero-order valence-corrected chi connectivity index (χ0v) is 14.5. The largest absolute Gasteiger partial charge is 0.383 e. The first-order chi connectivity index (χ1) is 11.7. The van der Waals surface area contributed by atoms with Crippen LogP contribution in [-0.4, -0.2) is 62.0 Å². The molecule has 0 bridgehead atoms. The lowest BCUT2D eigenvalue weighted by Crippen LogP contribution is -2.53. The van der Waals surface area contributed by atoms with Crippen molar-refractivity contribution in [2.45, 2.75) is 32.4 Å². The van der Waals surface area contributed by atoms with E-state index in [1.807, 2.05) is 13.0 Å². The Balaban J connectivity index is 1.59. The summed E-state index contributed by atoms with van der Waals surface area (Å²) < 4.78 is 16.1. The number of nitrogens with one attached hydrogen (secondary N) is 1. The predicted molar refractivity (Wildman–Crippen MR) is 87.4 cm³/mol. The van der Waals surface area contributed by atoms with E-state index >= 15 is 0 Å². The van der Waals surface area contributed by atoms with Crippen molar-refractivity contribution in [3.05, 3.63) is 17.5 Å². The number of amides is 1. The van der Waals surface area contributed by atoms with E-state index in [0.717, 1.165) is 43.9 Å². The van der Waals surface area contributed by atoms with Gasteiger partial charge in [-0.25, -0.2) is 0 Å². The number of rotatable bonds is 6. The molecule has 2 fully saturated rings. The molecule has 3 atom stereocenters. The summed E-state index contributed by atoms with van der Waals surface area (Å²) in [5.41, 5.74) is 0.948. The minimum absolute atomic E-state index is 0.0162. The van der Waals surface area contributed by atoms with Gasteiger partial charge in [0.05, 0.1) is 18.4 Å². The van der Waals surface area contributed by atoms with Gasteiger partial charge >= 0.3 is 0 Å². The smallest absolute Gasteiger partial charge is 0.223 e. The van der Waals surface area contributed by atoms with Gasteiger partial charge in [-0.3, -0.25) is 9.69 Å². The average molecular weight is 337 g/mol. The molecule has 134 valence electrons. The average Bonchev–Trinajstić information content (AvgIpc) is 2.99. The molecule has 2 aliphatic rings. The maximum atomic E-state index is 12.5. The molecule has 2 aliphatic heterocycles. The van der Waals surface area contributed by atoms with Crippen LogP contribution < -0.4 is 5.32 Å². The number of ether oxygens (including phenoxy) is 2. The van der Waals surface area contributed by atoms with Gasteiger partial charge in [-0.05, 0) is 19.8 Å². The molecule has 7 nitrogen and oxygen atoms in total. The summed E-state index contributed by atoms with van der Waals surface area (Å²) in [5, 5.41) is 7.07. The predicted octanol–water partition coefficient (Wildman–Crippen LogP) is 0.973. The first kappa shape index (κ1) is 17.4. The van der Waals surface area contributed by atoms with Crippen molar-refractivity contribution in [3.8, 4) is 0 Å². The number of aryl methyl sites for hydroxylation is 1. The van der Waals surface area contributed by atoms with Crippen LogP contribution in [0, 0.1) is 18.8 Å². The Bertz CT molecular complexity index is 548. The molecule has 1 aromatic rings. The summed E-state index contributed by atoms with van der Waals surface area (Å²) in [4.78, 5) is 14.9. The van der Waals surface area contributed by atoms with E-state index in [1.54, 1.807) is 7.11 Å². The maximum absolute atomic E-state index is 12.5. The topological polar surface area (TPSA) is 76.8 Å². The number of nitrogens with zero attached hydrogens (tertiary/aromatic N) is 2. The number of hydrogen-bond acceptors (Lipinski definition) is 6. The van der Waals surface area contributed by atoms with Crippen LogP contribution in [0.15, 0.2) is 10.6 Å². The highest BCUT2D eigenvalue weighted by Crippen LogP contribution is 2.33. The zero-order chi connectivity index (χ0) is 16.9. The lowest BCUT2D eigenvalue weighted by Gasteiger charge is -2.44. The van der Waals surface area contributed by atoms with Gasteiger partial charge in [-0.15, -0.1) is 0 Å². The van der Waals surface area contributed by atoms with Crippen molar-refractivity contribution in [3.63, 3.8) is 0 Å². The van der Waals surface area contributed by atoms with Crippen LogP contribution in [-0.2, 0) is 20.8 Å². The molecule has 0 saturated carbocycles. The first-order valence-electron chi connectivity index (χ1n) is 8.70. The molecular formula is C17H27N3O4. The molecule has 0 spiro atoms. The molecule has 0 aromatic carbocycles. The van der Waals surface area contributed by atoms with Crippen LogP contribution in [0.25, 0.3) is 0 Å². The van der Waals surface area contributed by atoms with E-state index in [9.17, 15) is 4.79 Å². The number of hydrogen-bond donors (Lipinski definition) is 1. The van der Waals surface area contributed by atoms with E-state index in [2.05, 4.69) is 15.4 Å². The van der Waals surface area contributed by atoms with E-state index in [-0.39, 0.29) is 23.8 Å². The molecule has 3 heterocycles. The Morgan fingerprint density at radius 3 is 3.12 bits per heavy atom. The fraction of sp³-hybridized carbons (Fsp3) is 0.765. The SMILES string of the molecule is COCCNC(=O)[C@H]1CCO[C@H]2CCN(Cc3cc(C)on3)C[C@H]21. The van der Waals surface area contributed by atoms with Crippen LogP contribution in [0.3, 0.4) is 0 Å². The summed E-state index contributed by atoms with van der Waals surface area (Å²) in [5.74, 6) is 1.21. The highest BCUT2D eigenvalue weighted by atomic mass is 16.5. The molecule has 2 saturated heterocycles. The summed E-state index contributed by atoms with van der Waals surface area (Å²) in [7, 11) is 1.64. The van der Waals surface area contributed by atoms with E-state index in [0.29, 0.717) is 19.8 Å². The van der Waals surface area contributed by atoms with Gasteiger partial charge in [0.25, 0.3) is 0 Å². The number of carbonyl (C=O) groups is 1. The number of fused-ring (bicyclic) bond motifs is 1. The van der Waals surface area contributed by atoms with Gasteiger partial charge in [-0.2, -0.15) is 0 Å². The molecule has 0 aliphatic carbocycles. The number of carbonyl (C=O) groups excluding carboxylic acids is 1. The Kier molecular flexibility index (Phi) is 5.86. The zero-order valence-electron chi connectivity index (χ0n) is 14.5. The highest BCUT2D eigenvalue weighted by Gasteiger charge is 2.41. The lowest BCUT2D eigenvalue weighted by molar-refractivity contribution is -0.142. The second-order valence-electron chi connectivity index (χ2n) is 6.70. The van der Waals surface area contributed by atoms with Gasteiger partial charge in [0.2, 0.25) is 5.91 Å². The second-order valence-corrected chi connectivity index (χ2v) is 6.70. The summed E-state index contributed by atoms with van der Waals surface area (Å²) >= 11 is 0. The van der Waals surface area contributed by atoms with Gasteiger partial charge in [0.15, 0.2) is 0 Å². The fourth-order valence-corrected chi connectivity index (χ4v) is 3.78. The van der Waals surface area contributed by atoms with Crippen molar-refractivity contribution >= 4 is 5.91 Å². The third-order valence-corrected chi connectivity index (χ3v) is 4.96. The fourth-order valence-electron chi connectivity index (χ4n) is 3.78.